The molecule has 25 heavy (non-hydrogen) atoms. The maximum Gasteiger partial charge on any atom is 0.219 e. The van der Waals surface area contributed by atoms with Gasteiger partial charge in [-0.15, -0.1) is 0 Å². The summed E-state index contributed by atoms with van der Waals surface area (Å²) in [5.74, 6) is -0.0276. The Bertz CT molecular complexity index is 606. The van der Waals surface area contributed by atoms with Crippen molar-refractivity contribution in [2.75, 3.05) is 32.8 Å². The van der Waals surface area contributed by atoms with Crippen LogP contribution in [0.3, 0.4) is 0 Å². The van der Waals surface area contributed by atoms with Gasteiger partial charge in [0.05, 0.1) is 6.54 Å². The van der Waals surface area contributed by atoms with E-state index in [2.05, 4.69) is 4.90 Å². The number of halogens is 1. The lowest BCUT2D eigenvalue weighted by Crippen LogP contribution is -2.53. The highest BCUT2D eigenvalue weighted by atomic mass is 19.1. The third-order valence-electron chi connectivity index (χ3n) is 5.23. The second-order valence-electron chi connectivity index (χ2n) is 7.32. The van der Waals surface area contributed by atoms with E-state index in [4.69, 9.17) is 4.74 Å². The minimum absolute atomic E-state index is 0.0312. The van der Waals surface area contributed by atoms with Gasteiger partial charge in [0.15, 0.2) is 0 Å². The van der Waals surface area contributed by atoms with Crippen LogP contribution >= 0.6 is 0 Å². The molecular formula is C19H27FN2O3. The fourth-order valence-electron chi connectivity index (χ4n) is 3.91. The van der Waals surface area contributed by atoms with Crippen molar-refractivity contribution >= 4 is 5.91 Å². The smallest absolute Gasteiger partial charge is 0.219 e. The summed E-state index contributed by atoms with van der Waals surface area (Å²) >= 11 is 0. The molecule has 2 fully saturated rings. The quantitative estimate of drug-likeness (QED) is 0.903. The summed E-state index contributed by atoms with van der Waals surface area (Å²) in [6, 6.07) is 6.37. The van der Waals surface area contributed by atoms with E-state index in [1.807, 2.05) is 0 Å². The molecule has 1 heterocycles. The first-order valence-electron chi connectivity index (χ1n) is 9.05. The Morgan fingerprint density at radius 3 is 2.76 bits per heavy atom. The molecular weight excluding hydrogens is 323 g/mol. The molecule has 1 aliphatic carbocycles. The Hall–Kier alpha value is -1.66. The van der Waals surface area contributed by atoms with Crippen LogP contribution < -0.4 is 4.74 Å². The van der Waals surface area contributed by atoms with Crippen LogP contribution in [0, 0.1) is 5.82 Å². The van der Waals surface area contributed by atoms with Gasteiger partial charge >= 0.3 is 0 Å². The van der Waals surface area contributed by atoms with Crippen molar-refractivity contribution in [2.45, 2.75) is 44.2 Å². The number of nitrogens with zero attached hydrogens (tertiary/aromatic N) is 2. The average molecular weight is 350 g/mol. The lowest BCUT2D eigenvalue weighted by molar-refractivity contribution is -0.132. The molecule has 1 saturated carbocycles. The molecule has 1 saturated heterocycles. The van der Waals surface area contributed by atoms with Gasteiger partial charge in [0.2, 0.25) is 5.91 Å². The van der Waals surface area contributed by atoms with E-state index in [1.165, 1.54) is 31.9 Å². The van der Waals surface area contributed by atoms with Crippen molar-refractivity contribution in [3.05, 3.63) is 30.1 Å². The molecule has 0 bridgehead atoms. The summed E-state index contributed by atoms with van der Waals surface area (Å²) in [6.07, 6.45) is 4.72. The number of rotatable bonds is 4. The summed E-state index contributed by atoms with van der Waals surface area (Å²) in [5.41, 5.74) is -1.17. The summed E-state index contributed by atoms with van der Waals surface area (Å²) in [4.78, 5) is 15.9. The van der Waals surface area contributed by atoms with Gasteiger partial charge in [-0.25, -0.2) is 4.39 Å². The summed E-state index contributed by atoms with van der Waals surface area (Å²) < 4.78 is 19.0. The minimum Gasteiger partial charge on any atom is -0.490 e. The third-order valence-corrected chi connectivity index (χ3v) is 5.23. The molecule has 0 radical (unpaired) electrons. The highest BCUT2D eigenvalue weighted by Crippen LogP contribution is 2.27. The van der Waals surface area contributed by atoms with Gasteiger partial charge in [-0.1, -0.05) is 18.9 Å². The Labute approximate surface area is 148 Å². The van der Waals surface area contributed by atoms with Gasteiger partial charge in [-0.3, -0.25) is 9.69 Å². The SMILES string of the molecule is CC(=O)N1CCN(C2CCCC2)CC(O)(COc2cccc(F)c2)C1. The van der Waals surface area contributed by atoms with Crippen LogP contribution in [0.4, 0.5) is 4.39 Å². The van der Waals surface area contributed by atoms with E-state index >= 15 is 0 Å². The van der Waals surface area contributed by atoms with E-state index < -0.39 is 5.60 Å². The standard InChI is InChI=1S/C19H27FN2O3/c1-15(23)21-9-10-22(17-6-2-3-7-17)13-19(24,12-21)14-25-18-8-4-5-16(20)11-18/h4-5,8,11,17,24H,2-3,6-7,9-10,12-14H2,1H3. The predicted molar refractivity (Wildman–Crippen MR) is 92.9 cm³/mol. The first-order chi connectivity index (χ1) is 12.0. The molecule has 0 aromatic heterocycles. The molecule has 1 aromatic rings. The Morgan fingerprint density at radius 2 is 2.08 bits per heavy atom. The zero-order chi connectivity index (χ0) is 17.9. The molecule has 1 atom stereocenters. The minimum atomic E-state index is -1.17. The molecule has 1 amide bonds. The van der Waals surface area contributed by atoms with Crippen LogP contribution in [-0.2, 0) is 4.79 Å². The van der Waals surface area contributed by atoms with Crippen molar-refractivity contribution in [2.24, 2.45) is 0 Å². The van der Waals surface area contributed by atoms with Gasteiger partial charge in [0.25, 0.3) is 0 Å². The number of amides is 1. The fraction of sp³-hybridized carbons (Fsp3) is 0.632. The molecule has 1 aromatic carbocycles. The third kappa shape index (κ3) is 4.70. The first-order valence-corrected chi connectivity index (χ1v) is 9.05. The number of hydrogen-bond donors (Lipinski definition) is 1. The summed E-state index contributed by atoms with van der Waals surface area (Å²) in [5, 5.41) is 11.2. The highest BCUT2D eigenvalue weighted by molar-refractivity contribution is 5.73. The number of carbonyl (C=O) groups excluding carboxylic acids is 1. The zero-order valence-electron chi connectivity index (χ0n) is 14.8. The van der Waals surface area contributed by atoms with Crippen LogP contribution in [0.1, 0.15) is 32.6 Å². The van der Waals surface area contributed by atoms with Crippen molar-refractivity contribution in [1.82, 2.24) is 9.80 Å². The molecule has 6 heteroatoms. The lowest BCUT2D eigenvalue weighted by Gasteiger charge is -2.35. The van der Waals surface area contributed by atoms with Gasteiger partial charge in [0.1, 0.15) is 23.8 Å². The van der Waals surface area contributed by atoms with Gasteiger partial charge in [0, 0.05) is 38.7 Å². The topological polar surface area (TPSA) is 53.0 Å². The Morgan fingerprint density at radius 1 is 1.32 bits per heavy atom. The number of hydrogen-bond acceptors (Lipinski definition) is 4. The number of carbonyl (C=O) groups is 1. The van der Waals surface area contributed by atoms with Crippen LogP contribution in [0.5, 0.6) is 5.75 Å². The molecule has 5 nitrogen and oxygen atoms in total. The molecule has 3 rings (SSSR count). The van der Waals surface area contributed by atoms with Crippen molar-refractivity contribution in [3.63, 3.8) is 0 Å². The highest BCUT2D eigenvalue weighted by Gasteiger charge is 2.39. The Kier molecular flexibility index (Phi) is 5.59. The van der Waals surface area contributed by atoms with Gasteiger partial charge in [-0.05, 0) is 25.0 Å². The number of benzene rings is 1. The fourth-order valence-corrected chi connectivity index (χ4v) is 3.91. The number of β-amino-alcohol motifs (C(OH)–C–C–N with tert-alkyl or cyclic N) is 1. The Balaban J connectivity index is 1.72. The van der Waals surface area contributed by atoms with Crippen LogP contribution in [0.25, 0.3) is 0 Å². The van der Waals surface area contributed by atoms with E-state index in [1.54, 1.807) is 17.0 Å². The molecule has 1 N–H and O–H groups in total. The van der Waals surface area contributed by atoms with E-state index in [9.17, 15) is 14.3 Å². The van der Waals surface area contributed by atoms with E-state index in [0.717, 1.165) is 19.4 Å². The van der Waals surface area contributed by atoms with Crippen molar-refractivity contribution < 1.29 is 19.0 Å². The molecule has 138 valence electrons. The van der Waals surface area contributed by atoms with Crippen molar-refractivity contribution in [3.8, 4) is 5.75 Å². The normalized spacial score (nSPS) is 25.8. The monoisotopic (exact) mass is 350 g/mol. The van der Waals surface area contributed by atoms with Crippen LogP contribution in [0.2, 0.25) is 0 Å². The lowest BCUT2D eigenvalue weighted by atomic mass is 10.0. The summed E-state index contributed by atoms with van der Waals surface area (Å²) in [6.45, 7) is 3.65. The maximum atomic E-state index is 13.3. The second kappa shape index (κ2) is 7.70. The maximum absolute atomic E-state index is 13.3. The molecule has 1 unspecified atom stereocenters. The molecule has 0 spiro atoms. The van der Waals surface area contributed by atoms with E-state index in [-0.39, 0.29) is 24.9 Å². The molecule has 1 aliphatic heterocycles. The van der Waals surface area contributed by atoms with E-state index in [0.29, 0.717) is 24.9 Å². The molecule has 2 aliphatic rings. The second-order valence-corrected chi connectivity index (χ2v) is 7.32. The largest absolute Gasteiger partial charge is 0.490 e. The number of ether oxygens (including phenoxy) is 1. The van der Waals surface area contributed by atoms with Gasteiger partial charge < -0.3 is 14.7 Å². The van der Waals surface area contributed by atoms with Crippen LogP contribution in [-0.4, -0.2) is 65.2 Å². The van der Waals surface area contributed by atoms with Crippen molar-refractivity contribution in [1.29, 1.82) is 0 Å². The van der Waals surface area contributed by atoms with Gasteiger partial charge in [-0.2, -0.15) is 0 Å². The number of aliphatic hydroxyl groups is 1. The van der Waals surface area contributed by atoms with Crippen LogP contribution in [0.15, 0.2) is 24.3 Å². The predicted octanol–water partition coefficient (Wildman–Crippen LogP) is 2.04. The zero-order valence-corrected chi connectivity index (χ0v) is 14.8. The first kappa shape index (κ1) is 18.1. The summed E-state index contributed by atoms with van der Waals surface area (Å²) in [7, 11) is 0. The average Bonchev–Trinajstić information content (AvgIpc) is 3.04.